The van der Waals surface area contributed by atoms with Crippen LogP contribution in [0.5, 0.6) is 0 Å². The number of aromatic nitrogens is 1. The number of nitrogens with one attached hydrogen (secondary N) is 2. The second-order valence-electron chi connectivity index (χ2n) is 5.85. The molecule has 0 aromatic carbocycles. The molecule has 1 saturated heterocycles. The van der Waals surface area contributed by atoms with E-state index in [1.165, 1.54) is 0 Å². The molecule has 0 saturated carbocycles. The summed E-state index contributed by atoms with van der Waals surface area (Å²) in [5.74, 6) is -0.273. The molecule has 8 nitrogen and oxygen atoms in total. The molecule has 1 aliphatic rings. The van der Waals surface area contributed by atoms with Gasteiger partial charge in [0.2, 0.25) is 17.7 Å². The van der Waals surface area contributed by atoms with Crippen LogP contribution in [0, 0.1) is 0 Å². The van der Waals surface area contributed by atoms with Crippen molar-refractivity contribution in [2.45, 2.75) is 50.0 Å². The number of unbranched alkanes of at least 4 members (excludes halogenated alkanes) is 2. The van der Waals surface area contributed by atoms with Crippen LogP contribution < -0.4 is 10.6 Å². The van der Waals surface area contributed by atoms with Crippen molar-refractivity contribution in [3.8, 4) is 0 Å². The summed E-state index contributed by atoms with van der Waals surface area (Å²) in [6.07, 6.45) is 5.51. The predicted octanol–water partition coefficient (Wildman–Crippen LogP) is 2.40. The highest BCUT2D eigenvalue weighted by Gasteiger charge is 2.15. The molecule has 0 bridgehead atoms. The number of carbonyl (C=O) groups is 4. The fourth-order valence-corrected chi connectivity index (χ4v) is 3.90. The predicted molar refractivity (Wildman–Crippen MR) is 109 cm³/mol. The zero-order chi connectivity index (χ0) is 20.6. The van der Waals surface area contributed by atoms with E-state index in [0.29, 0.717) is 32.2 Å². The first-order valence-electron chi connectivity index (χ1n) is 8.99. The summed E-state index contributed by atoms with van der Waals surface area (Å²) in [4.78, 5) is 46.3. The minimum atomic E-state index is -0.763. The van der Waals surface area contributed by atoms with Gasteiger partial charge in [0, 0.05) is 44.2 Å². The average Bonchev–Trinajstić information content (AvgIpc) is 3.05. The Morgan fingerprint density at radius 3 is 2.43 bits per heavy atom. The molecular formula is C18H25N3O5S2. The van der Waals surface area contributed by atoms with Crippen LogP contribution in [-0.2, 0) is 19.2 Å². The first-order valence-corrected chi connectivity index (χ1v) is 11.3. The fraction of sp³-hybridized carbons (Fsp3) is 0.500. The van der Waals surface area contributed by atoms with E-state index in [2.05, 4.69) is 15.6 Å². The van der Waals surface area contributed by atoms with Crippen molar-refractivity contribution in [1.29, 1.82) is 0 Å². The Labute approximate surface area is 172 Å². The van der Waals surface area contributed by atoms with E-state index < -0.39 is 5.97 Å². The van der Waals surface area contributed by atoms with Gasteiger partial charge in [-0.05, 0) is 35.8 Å². The van der Waals surface area contributed by atoms with Crippen LogP contribution in [-0.4, -0.2) is 46.1 Å². The number of hydrogen-bond acceptors (Lipinski definition) is 7. The van der Waals surface area contributed by atoms with Crippen molar-refractivity contribution >= 4 is 45.3 Å². The normalized spacial score (nSPS) is 12.7. The molecule has 28 heavy (non-hydrogen) atoms. The van der Waals surface area contributed by atoms with Gasteiger partial charge in [-0.15, -0.1) is 0 Å². The van der Waals surface area contributed by atoms with Crippen molar-refractivity contribution in [3.63, 3.8) is 0 Å². The maximum Gasteiger partial charge on any atom is 0.303 e. The van der Waals surface area contributed by atoms with Crippen molar-refractivity contribution in [1.82, 2.24) is 15.6 Å². The molecule has 3 amide bonds. The summed E-state index contributed by atoms with van der Waals surface area (Å²) in [7, 11) is 3.18. The van der Waals surface area contributed by atoms with E-state index in [1.54, 1.807) is 27.8 Å². The molecule has 0 aliphatic carbocycles. The monoisotopic (exact) mass is 427 g/mol. The molecule has 0 radical (unpaired) electrons. The first kappa shape index (κ1) is 24.0. The van der Waals surface area contributed by atoms with E-state index in [1.807, 2.05) is 18.2 Å². The van der Waals surface area contributed by atoms with Crippen molar-refractivity contribution in [2.24, 2.45) is 0 Å². The Morgan fingerprint density at radius 2 is 1.86 bits per heavy atom. The lowest BCUT2D eigenvalue weighted by Crippen LogP contribution is -2.24. The van der Waals surface area contributed by atoms with Crippen LogP contribution in [0.4, 0.5) is 0 Å². The summed E-state index contributed by atoms with van der Waals surface area (Å²) in [6, 6.07) is 5.75. The molecule has 3 N–H and O–H groups in total. The molecule has 1 fully saturated rings. The van der Waals surface area contributed by atoms with Crippen molar-refractivity contribution < 1.29 is 24.3 Å². The SMILES string of the molecule is O=C(O)CCCCCNC(=O)CCSSc1ccccn1.O=C1CCC(=O)N1. The standard InChI is InChI=1S/C14H20N2O3S2.C4H5NO2/c17-12(15-9-4-1-2-7-14(18)19)8-11-20-21-13-6-3-5-10-16-13;6-3-1-2-4(7)5-3/h3,5-6,10H,1-2,4,7-9,11H2,(H,15,17)(H,18,19);1-2H2,(H,5,6,7). The van der Waals surface area contributed by atoms with Crippen LogP contribution in [0.2, 0.25) is 0 Å². The molecule has 2 rings (SSSR count). The number of nitrogens with zero attached hydrogens (tertiary/aromatic N) is 1. The fourth-order valence-electron chi connectivity index (χ4n) is 2.03. The molecule has 1 aliphatic heterocycles. The molecule has 10 heteroatoms. The number of amides is 3. The van der Waals surface area contributed by atoms with Gasteiger partial charge >= 0.3 is 5.97 Å². The van der Waals surface area contributed by atoms with Crippen LogP contribution in [0.15, 0.2) is 29.4 Å². The lowest BCUT2D eigenvalue weighted by Gasteiger charge is -2.04. The topological polar surface area (TPSA) is 125 Å². The largest absolute Gasteiger partial charge is 0.481 e. The quantitative estimate of drug-likeness (QED) is 0.279. The van der Waals surface area contributed by atoms with Gasteiger partial charge in [-0.2, -0.15) is 0 Å². The number of imide groups is 1. The summed E-state index contributed by atoms with van der Waals surface area (Å²) in [5.41, 5.74) is 0. The number of carboxylic acid groups (broad SMARTS) is 1. The van der Waals surface area contributed by atoms with Gasteiger partial charge in [0.1, 0.15) is 5.03 Å². The number of aliphatic carboxylic acids is 1. The van der Waals surface area contributed by atoms with E-state index in [-0.39, 0.29) is 24.1 Å². The van der Waals surface area contributed by atoms with Crippen molar-refractivity contribution in [2.75, 3.05) is 12.3 Å². The molecule has 1 aromatic heterocycles. The Hall–Kier alpha value is -2.07. The van der Waals surface area contributed by atoms with Crippen molar-refractivity contribution in [3.05, 3.63) is 24.4 Å². The summed E-state index contributed by atoms with van der Waals surface area (Å²) < 4.78 is 0. The number of rotatable bonds is 11. The minimum Gasteiger partial charge on any atom is -0.481 e. The third-order valence-electron chi connectivity index (χ3n) is 3.44. The summed E-state index contributed by atoms with van der Waals surface area (Å²) >= 11 is 0. The number of carboxylic acids is 1. The van der Waals surface area contributed by atoms with Gasteiger partial charge in [0.05, 0.1) is 0 Å². The molecule has 2 heterocycles. The second-order valence-corrected chi connectivity index (χ2v) is 8.28. The Bertz CT molecular complexity index is 629. The molecule has 1 aromatic rings. The average molecular weight is 428 g/mol. The molecular weight excluding hydrogens is 402 g/mol. The first-order chi connectivity index (χ1) is 13.5. The van der Waals surface area contributed by atoms with Crippen LogP contribution in [0.3, 0.4) is 0 Å². The number of hydrogen-bond donors (Lipinski definition) is 3. The smallest absolute Gasteiger partial charge is 0.303 e. The zero-order valence-electron chi connectivity index (χ0n) is 15.5. The van der Waals surface area contributed by atoms with Gasteiger partial charge < -0.3 is 10.4 Å². The van der Waals surface area contributed by atoms with Crippen LogP contribution in [0.25, 0.3) is 0 Å². The lowest BCUT2D eigenvalue weighted by atomic mass is 10.2. The van der Waals surface area contributed by atoms with E-state index in [0.717, 1.165) is 23.6 Å². The maximum atomic E-state index is 11.6. The highest BCUT2D eigenvalue weighted by molar-refractivity contribution is 8.76. The third kappa shape index (κ3) is 13.2. The Balaban J connectivity index is 0.000000467. The minimum absolute atomic E-state index is 0.0438. The summed E-state index contributed by atoms with van der Waals surface area (Å²) in [5, 5.41) is 14.4. The summed E-state index contributed by atoms with van der Waals surface area (Å²) in [6.45, 7) is 0.622. The Kier molecular flexibility index (Phi) is 12.8. The zero-order valence-corrected chi connectivity index (χ0v) is 17.2. The van der Waals surface area contributed by atoms with E-state index >= 15 is 0 Å². The van der Waals surface area contributed by atoms with Gasteiger partial charge in [0.25, 0.3) is 0 Å². The molecule has 0 spiro atoms. The maximum absolute atomic E-state index is 11.6. The van der Waals surface area contributed by atoms with Gasteiger partial charge in [-0.1, -0.05) is 23.3 Å². The highest BCUT2D eigenvalue weighted by atomic mass is 33.1. The number of pyridine rings is 1. The highest BCUT2D eigenvalue weighted by Crippen LogP contribution is 2.29. The number of carbonyl (C=O) groups excluding carboxylic acids is 3. The van der Waals surface area contributed by atoms with Crippen LogP contribution in [0.1, 0.15) is 44.9 Å². The third-order valence-corrected chi connectivity index (χ3v) is 5.71. The second kappa shape index (κ2) is 14.9. The molecule has 0 unspecified atom stereocenters. The van der Waals surface area contributed by atoms with Gasteiger partial charge in [0.15, 0.2) is 0 Å². The van der Waals surface area contributed by atoms with Gasteiger partial charge in [-0.3, -0.25) is 24.5 Å². The van der Waals surface area contributed by atoms with E-state index in [9.17, 15) is 19.2 Å². The lowest BCUT2D eigenvalue weighted by molar-refractivity contribution is -0.137. The molecule has 154 valence electrons. The van der Waals surface area contributed by atoms with Crippen LogP contribution >= 0.6 is 21.6 Å². The Morgan fingerprint density at radius 1 is 1.11 bits per heavy atom. The van der Waals surface area contributed by atoms with E-state index in [4.69, 9.17) is 5.11 Å². The van der Waals surface area contributed by atoms with Gasteiger partial charge in [-0.25, -0.2) is 4.98 Å². The molecule has 0 atom stereocenters.